The molecule has 10 nitrogen and oxygen atoms in total. The largest absolute Gasteiger partial charge is 0.513 e. The maximum Gasteiger partial charge on any atom is 0.513 e. The first-order chi connectivity index (χ1) is 5.63. The van der Waals surface area contributed by atoms with Crippen molar-refractivity contribution in [1.29, 1.82) is 0 Å². The summed E-state index contributed by atoms with van der Waals surface area (Å²) in [7, 11) is 0. The van der Waals surface area contributed by atoms with Crippen LogP contribution in [0.2, 0.25) is 0 Å². The van der Waals surface area contributed by atoms with Gasteiger partial charge in [-0.1, -0.05) is 5.10 Å². The molecule has 64 valence electrons. The number of hydrogen-bond acceptors (Lipinski definition) is 7. The van der Waals surface area contributed by atoms with Gasteiger partial charge in [0, 0.05) is 0 Å². The third-order valence-corrected chi connectivity index (χ3v) is 0.992. The van der Waals surface area contributed by atoms with Gasteiger partial charge in [0.2, 0.25) is 0 Å². The molecule has 1 N–H and O–H groups in total. The van der Waals surface area contributed by atoms with Gasteiger partial charge in [0.05, 0.1) is 0 Å². The number of tetrazole rings is 1. The van der Waals surface area contributed by atoms with E-state index in [-0.39, 0.29) is 0 Å². The molecule has 1 aromatic rings. The van der Waals surface area contributed by atoms with E-state index in [4.69, 9.17) is 0 Å². The number of aromatic nitrogens is 4. The fourth-order valence-corrected chi connectivity index (χ4v) is 0.544. The van der Waals surface area contributed by atoms with Gasteiger partial charge in [-0.3, -0.25) is 20.2 Å². The van der Waals surface area contributed by atoms with E-state index >= 15 is 0 Å². The second-order valence-corrected chi connectivity index (χ2v) is 1.71. The topological polar surface area (TPSA) is 141 Å². The van der Waals surface area contributed by atoms with Crippen molar-refractivity contribution in [3.8, 4) is 0 Å². The van der Waals surface area contributed by atoms with E-state index in [1.165, 1.54) is 0 Å². The molecule has 1 aromatic heterocycles. The number of rotatable bonds is 3. The number of nitrogens with one attached hydrogen (secondary N) is 1. The summed E-state index contributed by atoms with van der Waals surface area (Å²) in [6, 6.07) is 0. The van der Waals surface area contributed by atoms with Gasteiger partial charge in [-0.25, -0.2) is 0 Å². The highest BCUT2D eigenvalue weighted by atomic mass is 16.7. The van der Waals surface area contributed by atoms with Crippen molar-refractivity contribution in [3.63, 3.8) is 0 Å². The van der Waals surface area contributed by atoms with E-state index in [0.717, 1.165) is 0 Å². The number of aromatic amines is 1. The maximum absolute atomic E-state index is 10.1. The molecule has 12 heavy (non-hydrogen) atoms. The van der Waals surface area contributed by atoms with Crippen LogP contribution < -0.4 is 0 Å². The van der Waals surface area contributed by atoms with Crippen LogP contribution in [0.15, 0.2) is 0 Å². The molecule has 0 aromatic carbocycles. The van der Waals surface area contributed by atoms with Gasteiger partial charge in [-0.15, -0.1) is 5.10 Å². The lowest BCUT2D eigenvalue weighted by Crippen LogP contribution is -2.21. The van der Waals surface area contributed by atoms with Crippen molar-refractivity contribution in [2.75, 3.05) is 0 Å². The Morgan fingerprint density at radius 3 is 2.25 bits per heavy atom. The first-order valence-corrected chi connectivity index (χ1v) is 2.63. The lowest BCUT2D eigenvalue weighted by Gasteiger charge is -1.94. The molecule has 10 heteroatoms. The molecule has 0 saturated carbocycles. The summed E-state index contributed by atoms with van der Waals surface area (Å²) >= 11 is 0. The van der Waals surface area contributed by atoms with E-state index in [1.54, 1.807) is 0 Å². The summed E-state index contributed by atoms with van der Waals surface area (Å²) in [5, 5.41) is 31.3. The van der Waals surface area contributed by atoms with Crippen LogP contribution in [0.25, 0.3) is 0 Å². The second kappa shape index (κ2) is 2.86. The Morgan fingerprint density at radius 2 is 1.92 bits per heavy atom. The normalized spacial score (nSPS) is 10.1. The molecule has 0 aliphatic heterocycles. The summed E-state index contributed by atoms with van der Waals surface area (Å²) in [4.78, 5) is 18.0. The molecular formula is C2H2N6O4. The van der Waals surface area contributed by atoms with Gasteiger partial charge in [0.15, 0.2) is 0 Å². The van der Waals surface area contributed by atoms with Gasteiger partial charge in [0.25, 0.3) is 0 Å². The lowest BCUT2D eigenvalue weighted by atomic mass is 10.5. The Kier molecular flexibility index (Phi) is 1.90. The molecule has 0 unspecified atom stereocenters. The predicted octanol–water partition coefficient (Wildman–Crippen LogP) is -1.25. The smallest absolute Gasteiger partial charge is 0.258 e. The summed E-state index contributed by atoms with van der Waals surface area (Å²) in [5.74, 6) is -0.565. The van der Waals surface area contributed by atoms with E-state index in [1.807, 2.05) is 5.21 Å². The van der Waals surface area contributed by atoms with Crippen molar-refractivity contribution < 1.29 is 9.85 Å². The highest BCUT2D eigenvalue weighted by molar-refractivity contribution is 4.76. The minimum Gasteiger partial charge on any atom is -0.258 e. The second-order valence-electron chi connectivity index (χ2n) is 1.71. The molecule has 0 amide bonds. The maximum atomic E-state index is 10.1. The summed E-state index contributed by atoms with van der Waals surface area (Å²) in [6.45, 7) is 0. The Labute approximate surface area is 63.9 Å². The fraction of sp³-hybridized carbons (Fsp3) is 0.500. The van der Waals surface area contributed by atoms with Gasteiger partial charge in [-0.05, 0) is 5.21 Å². The minimum atomic E-state index is -2.15. The zero-order valence-corrected chi connectivity index (χ0v) is 5.45. The molecule has 0 saturated heterocycles. The van der Waals surface area contributed by atoms with Crippen molar-refractivity contribution in [2.24, 2.45) is 0 Å². The SMILES string of the molecule is O=[N+]([O-])C(c1nn[nH]n1)[N+](=O)[O-]. The Bertz CT molecular complexity index is 279. The van der Waals surface area contributed by atoms with Gasteiger partial charge in [-0.2, -0.15) is 5.21 Å². The first-order valence-electron chi connectivity index (χ1n) is 2.63. The van der Waals surface area contributed by atoms with Crippen LogP contribution in [0.1, 0.15) is 12.0 Å². The zero-order chi connectivity index (χ0) is 9.14. The molecule has 1 rings (SSSR count). The Balaban J connectivity index is 2.96. The van der Waals surface area contributed by atoms with Crippen LogP contribution in [-0.4, -0.2) is 30.5 Å². The molecule has 0 radical (unpaired) electrons. The van der Waals surface area contributed by atoms with Crippen LogP contribution in [0, 0.1) is 20.2 Å². The molecule has 0 spiro atoms. The van der Waals surface area contributed by atoms with Crippen molar-refractivity contribution in [2.45, 2.75) is 6.17 Å². The molecule has 0 aliphatic carbocycles. The fourth-order valence-electron chi connectivity index (χ4n) is 0.544. The van der Waals surface area contributed by atoms with Crippen molar-refractivity contribution >= 4 is 0 Å². The monoisotopic (exact) mass is 174 g/mol. The highest BCUT2D eigenvalue weighted by Gasteiger charge is 2.39. The van der Waals surface area contributed by atoms with E-state index in [9.17, 15) is 20.2 Å². The van der Waals surface area contributed by atoms with E-state index < -0.39 is 21.8 Å². The third kappa shape index (κ3) is 1.31. The molecule has 0 atom stereocenters. The van der Waals surface area contributed by atoms with Gasteiger partial charge >= 0.3 is 12.0 Å². The summed E-state index contributed by atoms with van der Waals surface area (Å²) < 4.78 is 0. The van der Waals surface area contributed by atoms with E-state index in [0.29, 0.717) is 0 Å². The summed E-state index contributed by atoms with van der Waals surface area (Å²) in [6.07, 6.45) is -2.15. The standard InChI is InChI=1S/C2H2N6O4/c9-7(10)2(8(11)12)1-3-5-6-4-1/h2H,(H,3,4,5,6). The average Bonchev–Trinajstić information content (AvgIpc) is 2.37. The molecule has 0 fully saturated rings. The third-order valence-electron chi connectivity index (χ3n) is 0.992. The molecule has 1 heterocycles. The van der Waals surface area contributed by atoms with Crippen LogP contribution in [-0.2, 0) is 0 Å². The number of hydrogen-bond donors (Lipinski definition) is 1. The van der Waals surface area contributed by atoms with Gasteiger partial charge in [0.1, 0.15) is 9.85 Å². The minimum absolute atomic E-state index is 0.565. The quantitative estimate of drug-likeness (QED) is 0.342. The number of nitrogens with zero attached hydrogens (tertiary/aromatic N) is 5. The molecule has 0 bridgehead atoms. The van der Waals surface area contributed by atoms with Crippen molar-refractivity contribution in [3.05, 3.63) is 26.1 Å². The van der Waals surface area contributed by atoms with Crippen molar-refractivity contribution in [1.82, 2.24) is 20.6 Å². The molecule has 0 aliphatic rings. The van der Waals surface area contributed by atoms with Crippen LogP contribution >= 0.6 is 0 Å². The Hall–Kier alpha value is -2.13. The van der Waals surface area contributed by atoms with Gasteiger partial charge < -0.3 is 0 Å². The predicted molar refractivity (Wildman–Crippen MR) is 30.9 cm³/mol. The van der Waals surface area contributed by atoms with Crippen LogP contribution in [0.4, 0.5) is 0 Å². The lowest BCUT2D eigenvalue weighted by molar-refractivity contribution is -0.754. The summed E-state index contributed by atoms with van der Waals surface area (Å²) in [5.41, 5.74) is 0. The van der Waals surface area contributed by atoms with E-state index in [2.05, 4.69) is 15.4 Å². The van der Waals surface area contributed by atoms with Crippen LogP contribution in [0.3, 0.4) is 0 Å². The van der Waals surface area contributed by atoms with Crippen LogP contribution in [0.5, 0.6) is 0 Å². The number of nitro groups is 2. The first kappa shape index (κ1) is 7.97. The zero-order valence-electron chi connectivity index (χ0n) is 5.45. The highest BCUT2D eigenvalue weighted by Crippen LogP contribution is 2.09. The molecular weight excluding hydrogens is 172 g/mol. The average molecular weight is 174 g/mol. The Morgan fingerprint density at radius 1 is 1.33 bits per heavy atom. The number of H-pyrrole nitrogens is 1.